The lowest BCUT2D eigenvalue weighted by Crippen LogP contribution is -2.53. The van der Waals surface area contributed by atoms with E-state index < -0.39 is 11.6 Å². The van der Waals surface area contributed by atoms with Crippen molar-refractivity contribution < 1.29 is 19.1 Å². The standard InChI is InChI=1S/C24H32N2O4/c1-17-10-7-8-13-21(17)30-16-22(27)26(18(2)23(28)25-24(3,4)5)15-19-11-9-12-20(14-19)29-6/h7-14,18H,15-16H2,1-6H3,(H,25,28)/t18-/m1/s1. The van der Waals surface area contributed by atoms with Gasteiger partial charge in [0.1, 0.15) is 17.5 Å². The van der Waals surface area contributed by atoms with Gasteiger partial charge in [0.25, 0.3) is 5.91 Å². The molecule has 0 heterocycles. The SMILES string of the molecule is COc1cccc(CN(C(=O)COc2ccccc2C)[C@H](C)C(=O)NC(C)(C)C)c1. The number of rotatable bonds is 8. The minimum absolute atomic E-state index is 0.151. The van der Waals surface area contributed by atoms with Gasteiger partial charge in [-0.2, -0.15) is 0 Å². The van der Waals surface area contributed by atoms with E-state index in [1.807, 2.05) is 76.2 Å². The van der Waals surface area contributed by atoms with Crippen LogP contribution in [0.5, 0.6) is 11.5 Å². The third-order valence-electron chi connectivity index (χ3n) is 4.60. The summed E-state index contributed by atoms with van der Waals surface area (Å²) >= 11 is 0. The highest BCUT2D eigenvalue weighted by molar-refractivity contribution is 5.88. The van der Waals surface area contributed by atoms with E-state index in [1.165, 1.54) is 4.90 Å². The van der Waals surface area contributed by atoms with Gasteiger partial charge in [0.15, 0.2) is 6.61 Å². The average Bonchev–Trinajstić information content (AvgIpc) is 2.69. The fourth-order valence-corrected chi connectivity index (χ4v) is 2.96. The number of para-hydroxylation sites is 1. The lowest BCUT2D eigenvalue weighted by Gasteiger charge is -2.31. The van der Waals surface area contributed by atoms with E-state index in [1.54, 1.807) is 14.0 Å². The third-order valence-corrected chi connectivity index (χ3v) is 4.60. The summed E-state index contributed by atoms with van der Waals surface area (Å²) in [6.45, 7) is 9.50. The van der Waals surface area contributed by atoms with Gasteiger partial charge < -0.3 is 19.7 Å². The van der Waals surface area contributed by atoms with E-state index in [0.29, 0.717) is 11.5 Å². The molecule has 0 saturated heterocycles. The molecule has 0 bridgehead atoms. The molecular formula is C24H32N2O4. The predicted molar refractivity (Wildman–Crippen MR) is 118 cm³/mol. The molecule has 0 spiro atoms. The number of aryl methyl sites for hydroxylation is 1. The molecular weight excluding hydrogens is 380 g/mol. The molecule has 2 aromatic carbocycles. The summed E-state index contributed by atoms with van der Waals surface area (Å²) in [6, 6.07) is 14.3. The first-order valence-electron chi connectivity index (χ1n) is 10.0. The largest absolute Gasteiger partial charge is 0.497 e. The Hall–Kier alpha value is -3.02. The zero-order valence-corrected chi connectivity index (χ0v) is 18.7. The van der Waals surface area contributed by atoms with Crippen LogP contribution in [0.3, 0.4) is 0 Å². The van der Waals surface area contributed by atoms with Gasteiger partial charge in [-0.05, 0) is 63.9 Å². The van der Waals surface area contributed by atoms with Gasteiger partial charge in [0.05, 0.1) is 7.11 Å². The minimum atomic E-state index is -0.664. The van der Waals surface area contributed by atoms with E-state index in [4.69, 9.17) is 9.47 Å². The number of carbonyl (C=O) groups is 2. The number of carbonyl (C=O) groups excluding carboxylic acids is 2. The van der Waals surface area contributed by atoms with Crippen LogP contribution in [-0.2, 0) is 16.1 Å². The molecule has 0 radical (unpaired) electrons. The molecule has 2 aromatic rings. The number of hydrogen-bond acceptors (Lipinski definition) is 4. The normalized spacial score (nSPS) is 12.1. The Morgan fingerprint density at radius 3 is 2.43 bits per heavy atom. The van der Waals surface area contributed by atoms with E-state index in [9.17, 15) is 9.59 Å². The van der Waals surface area contributed by atoms with Crippen molar-refractivity contribution in [2.24, 2.45) is 0 Å². The molecule has 0 aromatic heterocycles. The highest BCUT2D eigenvalue weighted by Crippen LogP contribution is 2.19. The molecule has 162 valence electrons. The highest BCUT2D eigenvalue weighted by Gasteiger charge is 2.28. The Morgan fingerprint density at radius 2 is 1.80 bits per heavy atom. The number of hydrogen-bond donors (Lipinski definition) is 1. The lowest BCUT2D eigenvalue weighted by molar-refractivity contribution is -0.142. The summed E-state index contributed by atoms with van der Waals surface area (Å²) in [5.74, 6) is 0.870. The quantitative estimate of drug-likeness (QED) is 0.718. The second kappa shape index (κ2) is 10.1. The van der Waals surface area contributed by atoms with Crippen LogP contribution < -0.4 is 14.8 Å². The molecule has 0 aliphatic carbocycles. The molecule has 6 nitrogen and oxygen atoms in total. The molecule has 0 aliphatic heterocycles. The highest BCUT2D eigenvalue weighted by atomic mass is 16.5. The lowest BCUT2D eigenvalue weighted by atomic mass is 10.1. The summed E-state index contributed by atoms with van der Waals surface area (Å²) in [5, 5.41) is 2.95. The van der Waals surface area contributed by atoms with Gasteiger partial charge in [-0.3, -0.25) is 9.59 Å². The van der Waals surface area contributed by atoms with Crippen molar-refractivity contribution >= 4 is 11.8 Å². The number of amides is 2. The summed E-state index contributed by atoms with van der Waals surface area (Å²) in [7, 11) is 1.59. The number of methoxy groups -OCH3 is 1. The van der Waals surface area contributed by atoms with Crippen molar-refractivity contribution in [3.05, 3.63) is 59.7 Å². The predicted octanol–water partition coefficient (Wildman–Crippen LogP) is 3.71. The summed E-state index contributed by atoms with van der Waals surface area (Å²) in [5.41, 5.74) is 1.42. The fraction of sp³-hybridized carbons (Fsp3) is 0.417. The van der Waals surface area contributed by atoms with E-state index in [-0.39, 0.29) is 25.0 Å². The average molecular weight is 413 g/mol. The summed E-state index contributed by atoms with van der Waals surface area (Å²) in [4.78, 5) is 27.4. The van der Waals surface area contributed by atoms with Gasteiger partial charge >= 0.3 is 0 Å². The zero-order valence-electron chi connectivity index (χ0n) is 18.7. The van der Waals surface area contributed by atoms with Crippen LogP contribution >= 0.6 is 0 Å². The van der Waals surface area contributed by atoms with Crippen molar-refractivity contribution in [1.29, 1.82) is 0 Å². The van der Waals surface area contributed by atoms with Crippen molar-refractivity contribution in [1.82, 2.24) is 10.2 Å². The second-order valence-corrected chi connectivity index (χ2v) is 8.34. The second-order valence-electron chi connectivity index (χ2n) is 8.34. The van der Waals surface area contributed by atoms with Crippen LogP contribution in [0.1, 0.15) is 38.8 Å². The molecule has 0 fully saturated rings. The summed E-state index contributed by atoms with van der Waals surface area (Å²) < 4.78 is 11.0. The zero-order chi connectivity index (χ0) is 22.3. The molecule has 30 heavy (non-hydrogen) atoms. The number of nitrogens with one attached hydrogen (secondary N) is 1. The van der Waals surface area contributed by atoms with E-state index in [0.717, 1.165) is 11.1 Å². The Balaban J connectivity index is 2.21. The molecule has 1 N–H and O–H groups in total. The number of ether oxygens (including phenoxy) is 2. The first-order valence-corrected chi connectivity index (χ1v) is 10.0. The Morgan fingerprint density at radius 1 is 1.10 bits per heavy atom. The maximum atomic E-state index is 13.1. The van der Waals surface area contributed by atoms with Crippen LogP contribution in [0, 0.1) is 6.92 Å². The molecule has 0 unspecified atom stereocenters. The Kier molecular flexibility index (Phi) is 7.86. The topological polar surface area (TPSA) is 67.9 Å². The fourth-order valence-electron chi connectivity index (χ4n) is 2.96. The van der Waals surface area contributed by atoms with Crippen LogP contribution in [0.4, 0.5) is 0 Å². The third kappa shape index (κ3) is 6.79. The molecule has 1 atom stereocenters. The van der Waals surface area contributed by atoms with Gasteiger partial charge in [-0.15, -0.1) is 0 Å². The van der Waals surface area contributed by atoms with Crippen LogP contribution in [-0.4, -0.2) is 42.0 Å². The van der Waals surface area contributed by atoms with Crippen LogP contribution in [0.25, 0.3) is 0 Å². The molecule has 0 saturated carbocycles. The number of nitrogens with zero attached hydrogens (tertiary/aromatic N) is 1. The first kappa shape index (κ1) is 23.3. The van der Waals surface area contributed by atoms with Crippen molar-refractivity contribution in [3.63, 3.8) is 0 Å². The van der Waals surface area contributed by atoms with Gasteiger partial charge in [-0.1, -0.05) is 30.3 Å². The maximum absolute atomic E-state index is 13.1. The Labute approximate surface area is 179 Å². The monoisotopic (exact) mass is 412 g/mol. The van der Waals surface area contributed by atoms with Crippen LogP contribution in [0.15, 0.2) is 48.5 Å². The molecule has 2 rings (SSSR count). The molecule has 6 heteroatoms. The van der Waals surface area contributed by atoms with Crippen molar-refractivity contribution in [2.75, 3.05) is 13.7 Å². The summed E-state index contributed by atoms with van der Waals surface area (Å²) in [6.07, 6.45) is 0. The van der Waals surface area contributed by atoms with E-state index >= 15 is 0 Å². The van der Waals surface area contributed by atoms with Crippen LogP contribution in [0.2, 0.25) is 0 Å². The van der Waals surface area contributed by atoms with E-state index in [2.05, 4.69) is 5.32 Å². The number of benzene rings is 2. The van der Waals surface area contributed by atoms with Gasteiger partial charge in [0, 0.05) is 12.1 Å². The Bertz CT molecular complexity index is 874. The van der Waals surface area contributed by atoms with Crippen molar-refractivity contribution in [3.8, 4) is 11.5 Å². The first-order chi connectivity index (χ1) is 14.1. The maximum Gasteiger partial charge on any atom is 0.261 e. The molecule has 0 aliphatic rings. The van der Waals surface area contributed by atoms with Gasteiger partial charge in [0.2, 0.25) is 5.91 Å². The minimum Gasteiger partial charge on any atom is -0.497 e. The smallest absolute Gasteiger partial charge is 0.261 e. The van der Waals surface area contributed by atoms with Crippen molar-refractivity contribution in [2.45, 2.75) is 52.7 Å². The van der Waals surface area contributed by atoms with Gasteiger partial charge in [-0.25, -0.2) is 0 Å². The molecule has 2 amide bonds.